The summed E-state index contributed by atoms with van der Waals surface area (Å²) in [6.45, 7) is -3.00. The van der Waals surface area contributed by atoms with Crippen molar-refractivity contribution < 1.29 is 58.4 Å². The van der Waals surface area contributed by atoms with Gasteiger partial charge in [-0.3, -0.25) is 39.1 Å². The number of hydrogen-bond acceptors (Lipinski definition) is 11. The molecule has 1 aromatic heterocycles. The van der Waals surface area contributed by atoms with Gasteiger partial charge in [0.05, 0.1) is 62.6 Å². The molecule has 0 aliphatic heterocycles. The monoisotopic (exact) mass is 591 g/mol. The van der Waals surface area contributed by atoms with Crippen molar-refractivity contribution in [1.29, 1.82) is 0 Å². The van der Waals surface area contributed by atoms with Gasteiger partial charge in [0.1, 0.15) is 17.3 Å². The molecule has 1 atom stereocenters. The molecule has 0 bridgehead atoms. The highest BCUT2D eigenvalue weighted by atomic mass is 16.6. The quantitative estimate of drug-likeness (QED) is 0.0879. The predicted molar refractivity (Wildman–Crippen MR) is 143 cm³/mol. The first-order chi connectivity index (χ1) is 19.9. The van der Waals surface area contributed by atoms with Crippen molar-refractivity contribution in [2.75, 3.05) is 59.1 Å². The molecule has 42 heavy (non-hydrogen) atoms. The van der Waals surface area contributed by atoms with E-state index in [4.69, 9.17) is 24.1 Å². The molecule has 0 spiro atoms. The van der Waals surface area contributed by atoms with Gasteiger partial charge >= 0.3 is 23.9 Å². The van der Waals surface area contributed by atoms with Gasteiger partial charge in [-0.25, -0.2) is 0 Å². The predicted octanol–water partition coefficient (Wildman–Crippen LogP) is 1.51. The number of nitro groups is 1. The van der Waals surface area contributed by atoms with Crippen LogP contribution in [0.4, 0.5) is 5.69 Å². The van der Waals surface area contributed by atoms with Crippen molar-refractivity contribution in [3.05, 3.63) is 52.1 Å². The Morgan fingerprint density at radius 2 is 1.40 bits per heavy atom. The lowest BCUT2D eigenvalue weighted by Gasteiger charge is -2.25. The molecule has 226 valence electrons. The van der Waals surface area contributed by atoms with Crippen LogP contribution in [0.3, 0.4) is 0 Å². The van der Waals surface area contributed by atoms with E-state index in [9.17, 15) is 39.5 Å². The normalized spacial score (nSPS) is 12.2. The van der Waals surface area contributed by atoms with Crippen LogP contribution in [0.25, 0.3) is 21.9 Å². The summed E-state index contributed by atoms with van der Waals surface area (Å²) in [5.41, 5.74) is 0.418. The van der Waals surface area contributed by atoms with Gasteiger partial charge in [0.25, 0.3) is 5.69 Å². The minimum Gasteiger partial charge on any atom is -0.480 e. The van der Waals surface area contributed by atoms with Crippen LogP contribution < -0.4 is 0 Å². The highest BCUT2D eigenvalue weighted by Gasteiger charge is 2.29. The SMILES string of the molecule is O=C(O)CN(CCOCCOC(CN(CC(=O)O)CC(=O)O)c1cc2c(cc1[N+](=O)[O-])oc1ccccc12)CC(=O)O. The first-order valence-electron chi connectivity index (χ1n) is 12.6. The lowest BCUT2D eigenvalue weighted by atomic mass is 10.0. The third-order valence-corrected chi connectivity index (χ3v) is 6.03. The van der Waals surface area contributed by atoms with Crippen LogP contribution in [0, 0.1) is 10.1 Å². The standard InChI is InChI=1S/C26H29N3O13/c30-23(31)12-27(13-24(32)33)5-6-40-7-8-41-22(11-28(14-25(34)35)15-26(36)37)18-9-17-16-3-1-2-4-20(16)42-21(17)10-19(18)29(38)39/h1-4,9-10,22H,5-8,11-15H2,(H,30,31)(H,32,33)(H,34,35)(H,36,37). The number of fused-ring (bicyclic) bond motifs is 3. The van der Waals surface area contributed by atoms with Crippen LogP contribution in [0.5, 0.6) is 0 Å². The average molecular weight is 592 g/mol. The van der Waals surface area contributed by atoms with Gasteiger partial charge in [0.2, 0.25) is 0 Å². The second-order valence-electron chi connectivity index (χ2n) is 9.19. The molecule has 1 unspecified atom stereocenters. The molecule has 3 rings (SSSR count). The van der Waals surface area contributed by atoms with Crippen molar-refractivity contribution in [3.8, 4) is 0 Å². The Morgan fingerprint density at radius 1 is 0.810 bits per heavy atom. The van der Waals surface area contributed by atoms with Gasteiger partial charge < -0.3 is 34.3 Å². The van der Waals surface area contributed by atoms with Crippen molar-refractivity contribution >= 4 is 51.5 Å². The van der Waals surface area contributed by atoms with E-state index in [0.29, 0.717) is 16.4 Å². The van der Waals surface area contributed by atoms with Crippen LogP contribution >= 0.6 is 0 Å². The zero-order valence-electron chi connectivity index (χ0n) is 22.2. The minimum absolute atomic E-state index is 0.0112. The molecule has 0 fully saturated rings. The fourth-order valence-electron chi connectivity index (χ4n) is 4.38. The number of ether oxygens (including phenoxy) is 2. The Hall–Kier alpha value is -4.64. The molecule has 0 saturated carbocycles. The number of carboxylic acid groups (broad SMARTS) is 4. The number of nitrogens with zero attached hydrogens (tertiary/aromatic N) is 3. The molecule has 3 aromatic rings. The molecule has 16 heteroatoms. The first kappa shape index (κ1) is 31.9. The van der Waals surface area contributed by atoms with E-state index in [1.807, 2.05) is 0 Å². The smallest absolute Gasteiger partial charge is 0.317 e. The number of benzene rings is 2. The summed E-state index contributed by atoms with van der Waals surface area (Å²) in [7, 11) is 0. The lowest BCUT2D eigenvalue weighted by molar-refractivity contribution is -0.386. The van der Waals surface area contributed by atoms with E-state index in [-0.39, 0.29) is 49.7 Å². The molecular weight excluding hydrogens is 562 g/mol. The summed E-state index contributed by atoms with van der Waals surface area (Å²) in [4.78, 5) is 58.3. The minimum atomic E-state index is -1.31. The molecule has 0 saturated heterocycles. The van der Waals surface area contributed by atoms with Gasteiger partial charge in [-0.2, -0.15) is 0 Å². The van der Waals surface area contributed by atoms with Crippen molar-refractivity contribution in [2.45, 2.75) is 6.10 Å². The summed E-state index contributed by atoms with van der Waals surface area (Å²) in [6.07, 6.45) is -1.17. The Morgan fingerprint density at radius 3 is 2.00 bits per heavy atom. The summed E-state index contributed by atoms with van der Waals surface area (Å²) in [5, 5.41) is 49.7. The van der Waals surface area contributed by atoms with Crippen LogP contribution in [0.15, 0.2) is 40.8 Å². The largest absolute Gasteiger partial charge is 0.480 e. The number of nitro benzene ring substituents is 1. The molecule has 0 radical (unpaired) electrons. The lowest BCUT2D eigenvalue weighted by Crippen LogP contribution is -2.38. The number of hydrogen-bond donors (Lipinski definition) is 4. The van der Waals surface area contributed by atoms with Gasteiger partial charge in [0, 0.05) is 23.9 Å². The molecule has 0 amide bonds. The third kappa shape index (κ3) is 9.20. The maximum absolute atomic E-state index is 12.1. The number of para-hydroxylation sites is 1. The van der Waals surface area contributed by atoms with E-state index < -0.39 is 61.1 Å². The van der Waals surface area contributed by atoms with E-state index >= 15 is 0 Å². The van der Waals surface area contributed by atoms with E-state index in [1.165, 1.54) is 12.1 Å². The van der Waals surface area contributed by atoms with Gasteiger partial charge in [0.15, 0.2) is 0 Å². The van der Waals surface area contributed by atoms with Gasteiger partial charge in [-0.1, -0.05) is 18.2 Å². The Kier molecular flexibility index (Phi) is 11.3. The molecule has 2 aromatic carbocycles. The fraction of sp³-hybridized carbons (Fsp3) is 0.385. The molecular formula is C26H29N3O13. The summed E-state index contributed by atoms with van der Waals surface area (Å²) < 4.78 is 17.1. The average Bonchev–Trinajstić information content (AvgIpc) is 3.25. The third-order valence-electron chi connectivity index (χ3n) is 6.03. The highest BCUT2D eigenvalue weighted by molar-refractivity contribution is 6.05. The number of carboxylic acids is 4. The Bertz CT molecular complexity index is 1420. The zero-order chi connectivity index (χ0) is 30.8. The van der Waals surface area contributed by atoms with Crippen LogP contribution in [0.1, 0.15) is 11.7 Å². The zero-order valence-corrected chi connectivity index (χ0v) is 22.2. The molecule has 16 nitrogen and oxygen atoms in total. The maximum atomic E-state index is 12.1. The van der Waals surface area contributed by atoms with E-state index in [1.54, 1.807) is 24.3 Å². The second kappa shape index (κ2) is 14.8. The van der Waals surface area contributed by atoms with Crippen LogP contribution in [-0.2, 0) is 28.7 Å². The van der Waals surface area contributed by atoms with Crippen molar-refractivity contribution in [2.24, 2.45) is 0 Å². The number of furan rings is 1. The summed E-state index contributed by atoms with van der Waals surface area (Å²) in [5.74, 6) is -5.04. The Balaban J connectivity index is 1.84. The first-order valence-corrected chi connectivity index (χ1v) is 12.6. The van der Waals surface area contributed by atoms with Crippen LogP contribution in [0.2, 0.25) is 0 Å². The molecule has 4 N–H and O–H groups in total. The molecule has 0 aliphatic rings. The van der Waals surface area contributed by atoms with Crippen LogP contribution in [-0.4, -0.2) is 118 Å². The van der Waals surface area contributed by atoms with Crippen molar-refractivity contribution in [3.63, 3.8) is 0 Å². The maximum Gasteiger partial charge on any atom is 0.317 e. The van der Waals surface area contributed by atoms with Crippen molar-refractivity contribution in [1.82, 2.24) is 9.80 Å². The summed E-state index contributed by atoms with van der Waals surface area (Å²) in [6, 6.07) is 9.70. The number of carbonyl (C=O) groups is 4. The van der Waals surface area contributed by atoms with Gasteiger partial charge in [-0.05, 0) is 12.1 Å². The van der Waals surface area contributed by atoms with Gasteiger partial charge in [-0.15, -0.1) is 0 Å². The molecule has 0 aliphatic carbocycles. The van der Waals surface area contributed by atoms with E-state index in [0.717, 1.165) is 9.80 Å². The summed E-state index contributed by atoms with van der Waals surface area (Å²) >= 11 is 0. The fourth-order valence-corrected chi connectivity index (χ4v) is 4.38. The number of rotatable bonds is 19. The highest BCUT2D eigenvalue weighted by Crippen LogP contribution is 2.37. The van der Waals surface area contributed by atoms with E-state index in [2.05, 4.69) is 0 Å². The Labute approximate surface area is 237 Å². The molecule has 1 heterocycles. The number of aliphatic carboxylic acids is 4. The topological polar surface area (TPSA) is 230 Å². The second-order valence-corrected chi connectivity index (χ2v) is 9.19.